The van der Waals surface area contributed by atoms with Gasteiger partial charge in [0.25, 0.3) is 11.8 Å². The summed E-state index contributed by atoms with van der Waals surface area (Å²) in [5.41, 5.74) is 1.45. The summed E-state index contributed by atoms with van der Waals surface area (Å²) in [5, 5.41) is 11.6. The van der Waals surface area contributed by atoms with Crippen LogP contribution in [0.3, 0.4) is 0 Å². The number of carbonyl (C=O) groups excluding carboxylic acids is 2. The Bertz CT molecular complexity index is 1320. The number of nitrogens with zero attached hydrogens (tertiary/aromatic N) is 4. The Morgan fingerprint density at radius 1 is 1.27 bits per heavy atom. The molecule has 2 amide bonds. The van der Waals surface area contributed by atoms with Crippen molar-refractivity contribution >= 4 is 17.5 Å². The van der Waals surface area contributed by atoms with Crippen LogP contribution in [0, 0.1) is 29.9 Å². The van der Waals surface area contributed by atoms with Crippen LogP contribution in [0.15, 0.2) is 42.6 Å². The SMILES string of the molecule is Cc1cnc(C(=O)NC2COc3cc(C#N)ccc3N(C)C2=O)nc1-c1ccc(F)cc1F. The molecule has 3 aromatic rings. The van der Waals surface area contributed by atoms with Gasteiger partial charge in [0.05, 0.1) is 23.0 Å². The first-order valence-corrected chi connectivity index (χ1v) is 9.83. The van der Waals surface area contributed by atoms with E-state index in [0.717, 1.165) is 12.1 Å². The third-order valence-electron chi connectivity index (χ3n) is 5.15. The number of hydrogen-bond donors (Lipinski definition) is 1. The molecular weight excluding hydrogens is 432 g/mol. The first kappa shape index (κ1) is 21.8. The molecule has 0 bridgehead atoms. The second-order valence-corrected chi connectivity index (χ2v) is 7.38. The monoisotopic (exact) mass is 449 g/mol. The third kappa shape index (κ3) is 4.21. The lowest BCUT2D eigenvalue weighted by molar-refractivity contribution is -0.120. The fourth-order valence-electron chi connectivity index (χ4n) is 3.41. The molecule has 1 atom stereocenters. The van der Waals surface area contributed by atoms with Gasteiger partial charge in [-0.15, -0.1) is 0 Å². The fraction of sp³-hybridized carbons (Fsp3) is 0.174. The first-order valence-electron chi connectivity index (χ1n) is 9.83. The van der Waals surface area contributed by atoms with E-state index in [9.17, 15) is 18.4 Å². The molecule has 1 unspecified atom stereocenters. The molecule has 2 aromatic carbocycles. The standard InChI is InChI=1S/C23H17F2N5O3/c1-12-10-27-21(29-20(12)15-5-4-14(24)8-16(15)25)22(31)28-17-11-33-19-7-13(9-26)3-6-18(19)30(2)23(17)32/h3-8,10,17H,11H2,1-2H3,(H,28,31). The number of anilines is 1. The highest BCUT2D eigenvalue weighted by atomic mass is 19.1. The molecule has 10 heteroatoms. The van der Waals surface area contributed by atoms with Gasteiger partial charge in [0.15, 0.2) is 0 Å². The van der Waals surface area contributed by atoms with E-state index in [1.165, 1.54) is 30.3 Å². The Morgan fingerprint density at radius 3 is 2.79 bits per heavy atom. The highest BCUT2D eigenvalue weighted by molar-refractivity contribution is 6.02. The van der Waals surface area contributed by atoms with E-state index >= 15 is 0 Å². The number of rotatable bonds is 3. The van der Waals surface area contributed by atoms with Crippen molar-refractivity contribution in [1.29, 1.82) is 5.26 Å². The number of nitrogens with one attached hydrogen (secondary N) is 1. The maximum Gasteiger partial charge on any atom is 0.289 e. The smallest absolute Gasteiger partial charge is 0.289 e. The summed E-state index contributed by atoms with van der Waals surface area (Å²) >= 11 is 0. The maximum atomic E-state index is 14.3. The summed E-state index contributed by atoms with van der Waals surface area (Å²) in [6.07, 6.45) is 1.34. The Morgan fingerprint density at radius 2 is 2.06 bits per heavy atom. The molecule has 2 heterocycles. The fourth-order valence-corrected chi connectivity index (χ4v) is 3.41. The summed E-state index contributed by atoms with van der Waals surface area (Å²) in [7, 11) is 1.53. The highest BCUT2D eigenvalue weighted by Gasteiger charge is 2.31. The summed E-state index contributed by atoms with van der Waals surface area (Å²) in [4.78, 5) is 35.2. The van der Waals surface area contributed by atoms with Gasteiger partial charge >= 0.3 is 0 Å². The summed E-state index contributed by atoms with van der Waals surface area (Å²) < 4.78 is 33.2. The van der Waals surface area contributed by atoms with E-state index in [4.69, 9.17) is 10.00 Å². The zero-order valence-corrected chi connectivity index (χ0v) is 17.6. The Hall–Kier alpha value is -4.39. The van der Waals surface area contributed by atoms with Crippen molar-refractivity contribution in [3.8, 4) is 23.1 Å². The maximum absolute atomic E-state index is 14.3. The average Bonchev–Trinajstić information content (AvgIpc) is 2.91. The summed E-state index contributed by atoms with van der Waals surface area (Å²) in [6, 6.07) is 8.64. The molecule has 0 radical (unpaired) electrons. The van der Waals surface area contributed by atoms with Gasteiger partial charge in [-0.05, 0) is 36.8 Å². The number of likely N-dealkylation sites (N-methyl/N-ethyl adjacent to an activating group) is 1. The number of benzene rings is 2. The molecule has 166 valence electrons. The average molecular weight is 449 g/mol. The van der Waals surface area contributed by atoms with Gasteiger partial charge in [0.1, 0.15) is 30.0 Å². The highest BCUT2D eigenvalue weighted by Crippen LogP contribution is 2.31. The number of aromatic nitrogens is 2. The largest absolute Gasteiger partial charge is 0.489 e. The lowest BCUT2D eigenvalue weighted by atomic mass is 10.1. The van der Waals surface area contributed by atoms with Crippen LogP contribution in [0.2, 0.25) is 0 Å². The second kappa shape index (κ2) is 8.63. The molecule has 1 aromatic heterocycles. The van der Waals surface area contributed by atoms with E-state index in [1.54, 1.807) is 19.1 Å². The van der Waals surface area contributed by atoms with Gasteiger partial charge in [-0.3, -0.25) is 9.59 Å². The molecule has 0 saturated heterocycles. The molecule has 1 aliphatic rings. The molecule has 0 fully saturated rings. The molecule has 1 aliphatic heterocycles. The number of carbonyl (C=O) groups is 2. The lowest BCUT2D eigenvalue weighted by Crippen LogP contribution is -2.49. The molecule has 4 rings (SSSR count). The van der Waals surface area contributed by atoms with Crippen molar-refractivity contribution in [2.75, 3.05) is 18.6 Å². The summed E-state index contributed by atoms with van der Waals surface area (Å²) in [5.74, 6) is -2.72. The molecular formula is C23H17F2N5O3. The van der Waals surface area contributed by atoms with Crippen molar-refractivity contribution in [2.24, 2.45) is 0 Å². The Balaban J connectivity index is 1.58. The molecule has 0 spiro atoms. The van der Waals surface area contributed by atoms with E-state index in [1.807, 2.05) is 6.07 Å². The third-order valence-corrected chi connectivity index (χ3v) is 5.15. The quantitative estimate of drug-likeness (QED) is 0.659. The van der Waals surface area contributed by atoms with Crippen LogP contribution in [-0.2, 0) is 4.79 Å². The number of amides is 2. The number of ether oxygens (including phenoxy) is 1. The van der Waals surface area contributed by atoms with Crippen molar-refractivity contribution in [3.63, 3.8) is 0 Å². The van der Waals surface area contributed by atoms with Gasteiger partial charge in [-0.2, -0.15) is 5.26 Å². The van der Waals surface area contributed by atoms with Crippen LogP contribution < -0.4 is 15.0 Å². The Kier molecular flexibility index (Phi) is 5.70. The predicted molar refractivity (Wildman–Crippen MR) is 113 cm³/mol. The van der Waals surface area contributed by atoms with Gasteiger partial charge in [0.2, 0.25) is 5.82 Å². The zero-order valence-electron chi connectivity index (χ0n) is 17.6. The van der Waals surface area contributed by atoms with Crippen LogP contribution in [0.4, 0.5) is 14.5 Å². The van der Waals surface area contributed by atoms with Gasteiger partial charge in [-0.25, -0.2) is 18.7 Å². The molecule has 0 saturated carbocycles. The van der Waals surface area contributed by atoms with Gasteiger partial charge < -0.3 is 15.0 Å². The second-order valence-electron chi connectivity index (χ2n) is 7.38. The van der Waals surface area contributed by atoms with Crippen LogP contribution >= 0.6 is 0 Å². The number of fused-ring (bicyclic) bond motifs is 1. The van der Waals surface area contributed by atoms with E-state index in [2.05, 4.69) is 15.3 Å². The topological polar surface area (TPSA) is 108 Å². The van der Waals surface area contributed by atoms with Gasteiger partial charge in [-0.1, -0.05) is 0 Å². The molecule has 1 N–H and O–H groups in total. The van der Waals surface area contributed by atoms with Crippen molar-refractivity contribution < 1.29 is 23.1 Å². The van der Waals surface area contributed by atoms with Crippen LogP contribution in [0.5, 0.6) is 5.75 Å². The van der Waals surface area contributed by atoms with E-state index in [0.29, 0.717) is 22.6 Å². The minimum Gasteiger partial charge on any atom is -0.489 e. The van der Waals surface area contributed by atoms with Crippen molar-refractivity contribution in [3.05, 3.63) is 71.2 Å². The number of hydrogen-bond acceptors (Lipinski definition) is 6. The molecule has 0 aliphatic carbocycles. The number of halogens is 2. The normalized spacial score (nSPS) is 15.2. The van der Waals surface area contributed by atoms with E-state index in [-0.39, 0.29) is 23.7 Å². The lowest BCUT2D eigenvalue weighted by Gasteiger charge is -2.20. The minimum absolute atomic E-state index is 0.0164. The van der Waals surface area contributed by atoms with Gasteiger partial charge in [0, 0.05) is 30.9 Å². The first-order chi connectivity index (χ1) is 15.8. The molecule has 8 nitrogen and oxygen atoms in total. The zero-order chi connectivity index (χ0) is 23.7. The Labute approximate surface area is 187 Å². The van der Waals surface area contributed by atoms with E-state index < -0.39 is 29.5 Å². The predicted octanol–water partition coefficient (Wildman–Crippen LogP) is 2.76. The van der Waals surface area contributed by atoms with Crippen LogP contribution in [0.25, 0.3) is 11.3 Å². The van der Waals surface area contributed by atoms with Crippen LogP contribution in [-0.4, -0.2) is 41.5 Å². The summed E-state index contributed by atoms with van der Waals surface area (Å²) in [6.45, 7) is 1.45. The van der Waals surface area contributed by atoms with Crippen LogP contribution in [0.1, 0.15) is 21.7 Å². The van der Waals surface area contributed by atoms with Crippen molar-refractivity contribution in [1.82, 2.24) is 15.3 Å². The molecule has 33 heavy (non-hydrogen) atoms. The number of aryl methyl sites for hydroxylation is 1. The number of nitriles is 1. The van der Waals surface area contributed by atoms with Crippen molar-refractivity contribution in [2.45, 2.75) is 13.0 Å². The minimum atomic E-state index is -1.06.